The molecule has 140 valence electrons. The molecule has 0 heterocycles. The SMILES string of the molecule is Cc1ccc(CSCC(=O)NCCCc2cccc(OC(C)C)c2)cc1. The molecule has 4 heteroatoms. The highest BCUT2D eigenvalue weighted by atomic mass is 32.2. The zero-order chi connectivity index (χ0) is 18.8. The first-order chi connectivity index (χ1) is 12.5. The molecule has 0 aromatic heterocycles. The van der Waals surface area contributed by atoms with Crippen molar-refractivity contribution < 1.29 is 9.53 Å². The molecule has 0 atom stereocenters. The van der Waals surface area contributed by atoms with Gasteiger partial charge in [-0.05, 0) is 56.9 Å². The summed E-state index contributed by atoms with van der Waals surface area (Å²) in [6.07, 6.45) is 2.05. The lowest BCUT2D eigenvalue weighted by Crippen LogP contribution is -2.26. The molecule has 0 bridgehead atoms. The van der Waals surface area contributed by atoms with Crippen molar-refractivity contribution in [2.24, 2.45) is 0 Å². The van der Waals surface area contributed by atoms with E-state index in [0.29, 0.717) is 12.3 Å². The molecule has 0 unspecified atom stereocenters. The molecule has 3 nitrogen and oxygen atoms in total. The van der Waals surface area contributed by atoms with Crippen molar-refractivity contribution in [3.8, 4) is 5.75 Å². The Morgan fingerprint density at radius 1 is 1.12 bits per heavy atom. The molecule has 2 aromatic rings. The summed E-state index contributed by atoms with van der Waals surface area (Å²) in [6.45, 7) is 6.84. The predicted octanol–water partition coefficient (Wildman–Crippen LogP) is 4.76. The van der Waals surface area contributed by atoms with Gasteiger partial charge in [0.15, 0.2) is 0 Å². The van der Waals surface area contributed by atoms with Crippen LogP contribution in [0.25, 0.3) is 0 Å². The van der Waals surface area contributed by atoms with Gasteiger partial charge in [0, 0.05) is 12.3 Å². The van der Waals surface area contributed by atoms with Crippen LogP contribution in [-0.4, -0.2) is 24.3 Å². The molecule has 2 rings (SSSR count). The van der Waals surface area contributed by atoms with E-state index in [1.54, 1.807) is 11.8 Å². The van der Waals surface area contributed by atoms with E-state index in [0.717, 1.165) is 24.3 Å². The maximum Gasteiger partial charge on any atom is 0.230 e. The number of amides is 1. The number of rotatable bonds is 10. The van der Waals surface area contributed by atoms with Gasteiger partial charge in [0.2, 0.25) is 5.91 Å². The Morgan fingerprint density at radius 3 is 2.62 bits per heavy atom. The average molecular weight is 372 g/mol. The van der Waals surface area contributed by atoms with Crippen molar-refractivity contribution in [1.82, 2.24) is 5.32 Å². The van der Waals surface area contributed by atoms with Gasteiger partial charge in [-0.2, -0.15) is 0 Å². The first-order valence-electron chi connectivity index (χ1n) is 9.18. The van der Waals surface area contributed by atoms with Gasteiger partial charge >= 0.3 is 0 Å². The van der Waals surface area contributed by atoms with Gasteiger partial charge in [-0.25, -0.2) is 0 Å². The number of aryl methyl sites for hydroxylation is 2. The molecule has 0 fully saturated rings. The van der Waals surface area contributed by atoms with E-state index in [9.17, 15) is 4.79 Å². The summed E-state index contributed by atoms with van der Waals surface area (Å²) in [5.74, 6) is 2.40. The predicted molar refractivity (Wildman–Crippen MR) is 111 cm³/mol. The number of carbonyl (C=O) groups excluding carboxylic acids is 1. The lowest BCUT2D eigenvalue weighted by molar-refractivity contribution is -0.118. The Morgan fingerprint density at radius 2 is 1.88 bits per heavy atom. The Bertz CT molecular complexity index is 683. The van der Waals surface area contributed by atoms with Gasteiger partial charge in [-0.3, -0.25) is 4.79 Å². The lowest BCUT2D eigenvalue weighted by Gasteiger charge is -2.11. The largest absolute Gasteiger partial charge is 0.491 e. The number of ether oxygens (including phenoxy) is 1. The average Bonchev–Trinajstić information content (AvgIpc) is 2.60. The van der Waals surface area contributed by atoms with Gasteiger partial charge in [0.05, 0.1) is 11.9 Å². The van der Waals surface area contributed by atoms with Gasteiger partial charge in [-0.1, -0.05) is 42.0 Å². The summed E-state index contributed by atoms with van der Waals surface area (Å²) < 4.78 is 5.71. The van der Waals surface area contributed by atoms with Crippen LogP contribution in [0.1, 0.15) is 37.0 Å². The molecule has 0 aliphatic carbocycles. The molecule has 2 aromatic carbocycles. The highest BCUT2D eigenvalue weighted by Gasteiger charge is 2.03. The van der Waals surface area contributed by atoms with Crippen LogP contribution >= 0.6 is 11.8 Å². The summed E-state index contributed by atoms with van der Waals surface area (Å²) in [6, 6.07) is 16.7. The smallest absolute Gasteiger partial charge is 0.230 e. The van der Waals surface area contributed by atoms with Crippen LogP contribution < -0.4 is 10.1 Å². The molecule has 1 N–H and O–H groups in total. The molecule has 0 saturated carbocycles. The van der Waals surface area contributed by atoms with Crippen LogP contribution in [0.5, 0.6) is 5.75 Å². The maximum atomic E-state index is 11.9. The molecule has 0 saturated heterocycles. The Kier molecular flexibility index (Phi) is 8.56. The third-order valence-corrected chi connectivity index (χ3v) is 4.86. The molecule has 26 heavy (non-hydrogen) atoms. The van der Waals surface area contributed by atoms with Crippen molar-refractivity contribution in [3.05, 3.63) is 65.2 Å². The summed E-state index contributed by atoms with van der Waals surface area (Å²) in [4.78, 5) is 11.9. The molecular formula is C22H29NO2S. The van der Waals surface area contributed by atoms with E-state index in [2.05, 4.69) is 48.6 Å². The van der Waals surface area contributed by atoms with Gasteiger partial charge in [0.1, 0.15) is 5.75 Å². The molecule has 0 aliphatic heterocycles. The second kappa shape index (κ2) is 10.9. The fraction of sp³-hybridized carbons (Fsp3) is 0.409. The number of hydrogen-bond donors (Lipinski definition) is 1. The van der Waals surface area contributed by atoms with Gasteiger partial charge in [-0.15, -0.1) is 11.8 Å². The second-order valence-corrected chi connectivity index (χ2v) is 7.73. The zero-order valence-electron chi connectivity index (χ0n) is 16.0. The van der Waals surface area contributed by atoms with E-state index in [1.807, 2.05) is 26.0 Å². The summed E-state index contributed by atoms with van der Waals surface area (Å²) in [5.41, 5.74) is 3.76. The van der Waals surface area contributed by atoms with Crippen LogP contribution in [0.4, 0.5) is 0 Å². The number of nitrogens with one attached hydrogen (secondary N) is 1. The van der Waals surface area contributed by atoms with E-state index >= 15 is 0 Å². The Balaban J connectivity index is 1.60. The van der Waals surface area contributed by atoms with E-state index in [-0.39, 0.29) is 12.0 Å². The molecule has 0 radical (unpaired) electrons. The molecule has 1 amide bonds. The van der Waals surface area contributed by atoms with E-state index in [1.165, 1.54) is 16.7 Å². The second-order valence-electron chi connectivity index (χ2n) is 6.75. The minimum atomic E-state index is 0.110. The van der Waals surface area contributed by atoms with Crippen LogP contribution in [0.2, 0.25) is 0 Å². The van der Waals surface area contributed by atoms with Crippen molar-refractivity contribution >= 4 is 17.7 Å². The van der Waals surface area contributed by atoms with Gasteiger partial charge in [0.25, 0.3) is 0 Å². The number of carbonyl (C=O) groups is 1. The molecule has 0 aliphatic rings. The van der Waals surface area contributed by atoms with Crippen molar-refractivity contribution in [2.45, 2.75) is 45.5 Å². The Hall–Kier alpha value is -1.94. The quantitative estimate of drug-likeness (QED) is 0.612. The fourth-order valence-corrected chi connectivity index (χ4v) is 3.38. The zero-order valence-corrected chi connectivity index (χ0v) is 16.8. The van der Waals surface area contributed by atoms with Crippen LogP contribution in [-0.2, 0) is 17.0 Å². The number of thioether (sulfide) groups is 1. The van der Waals surface area contributed by atoms with Crippen LogP contribution in [0.15, 0.2) is 48.5 Å². The minimum absolute atomic E-state index is 0.110. The fourth-order valence-electron chi connectivity index (χ4n) is 2.56. The molecular weight excluding hydrogens is 342 g/mol. The first-order valence-corrected chi connectivity index (χ1v) is 10.3. The lowest BCUT2D eigenvalue weighted by atomic mass is 10.1. The van der Waals surface area contributed by atoms with Gasteiger partial charge < -0.3 is 10.1 Å². The number of hydrogen-bond acceptors (Lipinski definition) is 3. The standard InChI is InChI=1S/C22H29NO2S/c1-17(2)25-21-8-4-6-19(14-21)7-5-13-23-22(24)16-26-15-20-11-9-18(3)10-12-20/h4,6,8-12,14,17H,5,7,13,15-16H2,1-3H3,(H,23,24). The highest BCUT2D eigenvalue weighted by Crippen LogP contribution is 2.16. The van der Waals surface area contributed by atoms with Crippen LogP contribution in [0, 0.1) is 6.92 Å². The van der Waals surface area contributed by atoms with Crippen LogP contribution in [0.3, 0.4) is 0 Å². The normalized spacial score (nSPS) is 10.8. The van der Waals surface area contributed by atoms with Crippen molar-refractivity contribution in [2.75, 3.05) is 12.3 Å². The van der Waals surface area contributed by atoms with Crippen molar-refractivity contribution in [1.29, 1.82) is 0 Å². The Labute approximate surface area is 161 Å². The molecule has 0 spiro atoms. The maximum absolute atomic E-state index is 11.9. The number of benzene rings is 2. The highest BCUT2D eigenvalue weighted by molar-refractivity contribution is 7.99. The monoisotopic (exact) mass is 371 g/mol. The topological polar surface area (TPSA) is 38.3 Å². The first kappa shape index (κ1) is 20.4. The van der Waals surface area contributed by atoms with Crippen molar-refractivity contribution in [3.63, 3.8) is 0 Å². The summed E-state index contributed by atoms with van der Waals surface area (Å²) in [5, 5.41) is 3.00. The third-order valence-electron chi connectivity index (χ3n) is 3.86. The third kappa shape index (κ3) is 7.96. The minimum Gasteiger partial charge on any atom is -0.491 e. The summed E-state index contributed by atoms with van der Waals surface area (Å²) in [7, 11) is 0. The van der Waals surface area contributed by atoms with E-state index in [4.69, 9.17) is 4.74 Å². The van der Waals surface area contributed by atoms with E-state index < -0.39 is 0 Å². The summed E-state index contributed by atoms with van der Waals surface area (Å²) >= 11 is 1.65.